The molecule has 1 rings (SSSR count). The lowest BCUT2D eigenvalue weighted by atomic mass is 10.1. The van der Waals surface area contributed by atoms with Crippen LogP contribution < -0.4 is 10.1 Å². The van der Waals surface area contributed by atoms with Gasteiger partial charge in [0.25, 0.3) is 0 Å². The minimum absolute atomic E-state index is 0.182. The Hall–Kier alpha value is -0.910. The molecule has 0 bridgehead atoms. The molecule has 0 spiro atoms. The fraction of sp³-hybridized carbons (Fsp3) is 0.571. The summed E-state index contributed by atoms with van der Waals surface area (Å²) in [6, 6.07) is 7.41. The van der Waals surface area contributed by atoms with E-state index in [0.717, 1.165) is 24.3 Å². The first kappa shape index (κ1) is 16.1. The van der Waals surface area contributed by atoms with Gasteiger partial charge in [0.2, 0.25) is 0 Å². The van der Waals surface area contributed by atoms with Gasteiger partial charge in [0.1, 0.15) is 5.75 Å². The minimum Gasteiger partial charge on any atom is -0.497 e. The summed E-state index contributed by atoms with van der Waals surface area (Å²) in [6.45, 7) is 3.20. The number of hydrogen-bond acceptors (Lipinski definition) is 4. The highest BCUT2D eigenvalue weighted by Crippen LogP contribution is 2.18. The molecule has 2 N–H and O–H groups in total. The Bertz CT molecular complexity index is 411. The van der Waals surface area contributed by atoms with Gasteiger partial charge in [-0.15, -0.1) is 0 Å². The van der Waals surface area contributed by atoms with Gasteiger partial charge in [0.05, 0.1) is 13.2 Å². The SMILES string of the molecule is COc1cccc(C(O)CNCCC(C)S(C)=O)c1. The van der Waals surface area contributed by atoms with Gasteiger partial charge in [-0.3, -0.25) is 4.21 Å². The van der Waals surface area contributed by atoms with E-state index in [0.29, 0.717) is 6.54 Å². The molecule has 1 aromatic carbocycles. The Morgan fingerprint density at radius 2 is 2.21 bits per heavy atom. The Morgan fingerprint density at radius 3 is 2.84 bits per heavy atom. The van der Waals surface area contributed by atoms with Gasteiger partial charge >= 0.3 is 0 Å². The number of hydrogen-bond donors (Lipinski definition) is 2. The van der Waals surface area contributed by atoms with Crippen LogP contribution in [0.4, 0.5) is 0 Å². The van der Waals surface area contributed by atoms with Gasteiger partial charge in [0.15, 0.2) is 0 Å². The van der Waals surface area contributed by atoms with Crippen molar-refractivity contribution in [2.24, 2.45) is 0 Å². The second kappa shape index (κ2) is 8.30. The number of ether oxygens (including phenoxy) is 1. The molecule has 0 aliphatic heterocycles. The van der Waals surface area contributed by atoms with Crippen molar-refractivity contribution >= 4 is 10.8 Å². The Balaban J connectivity index is 2.34. The van der Waals surface area contributed by atoms with Crippen molar-refractivity contribution in [3.8, 4) is 5.75 Å². The zero-order chi connectivity index (χ0) is 14.3. The average Bonchev–Trinajstić information content (AvgIpc) is 2.42. The summed E-state index contributed by atoms with van der Waals surface area (Å²) < 4.78 is 16.3. The van der Waals surface area contributed by atoms with Gasteiger partial charge in [-0.2, -0.15) is 0 Å². The van der Waals surface area contributed by atoms with E-state index in [2.05, 4.69) is 5.32 Å². The monoisotopic (exact) mass is 285 g/mol. The fourth-order valence-corrected chi connectivity index (χ4v) is 2.13. The van der Waals surface area contributed by atoms with Crippen molar-refractivity contribution in [3.05, 3.63) is 29.8 Å². The largest absolute Gasteiger partial charge is 0.497 e. The van der Waals surface area contributed by atoms with Crippen LogP contribution in [-0.4, -0.2) is 41.0 Å². The molecule has 0 aliphatic rings. The summed E-state index contributed by atoms with van der Waals surface area (Å²) in [5.41, 5.74) is 0.832. The van der Waals surface area contributed by atoms with Crippen molar-refractivity contribution in [2.45, 2.75) is 24.7 Å². The summed E-state index contributed by atoms with van der Waals surface area (Å²) in [7, 11) is 0.823. The molecule has 108 valence electrons. The fourth-order valence-electron chi connectivity index (χ4n) is 1.68. The summed E-state index contributed by atoms with van der Waals surface area (Å²) >= 11 is 0. The van der Waals surface area contributed by atoms with Crippen LogP contribution in [-0.2, 0) is 10.8 Å². The minimum atomic E-state index is -0.784. The second-order valence-electron chi connectivity index (χ2n) is 4.59. The predicted octanol–water partition coefficient (Wildman–Crippen LogP) is 1.48. The van der Waals surface area contributed by atoms with Crippen molar-refractivity contribution < 1.29 is 14.1 Å². The van der Waals surface area contributed by atoms with Crippen LogP contribution in [0.25, 0.3) is 0 Å². The molecule has 0 saturated carbocycles. The average molecular weight is 285 g/mol. The van der Waals surface area contributed by atoms with Crippen LogP contribution in [0.2, 0.25) is 0 Å². The molecule has 3 unspecified atom stereocenters. The number of nitrogens with one attached hydrogen (secondary N) is 1. The van der Waals surface area contributed by atoms with Crippen molar-refractivity contribution in [1.82, 2.24) is 5.32 Å². The maximum absolute atomic E-state index is 11.2. The second-order valence-corrected chi connectivity index (χ2v) is 6.40. The number of rotatable bonds is 8. The van der Waals surface area contributed by atoms with Gasteiger partial charge in [-0.05, 0) is 30.7 Å². The lowest BCUT2D eigenvalue weighted by molar-refractivity contribution is 0.174. The standard InChI is InChI=1S/C14H23NO3S/c1-11(19(3)17)7-8-15-10-14(16)12-5-4-6-13(9-12)18-2/h4-6,9,11,14-16H,7-8,10H2,1-3H3. The lowest BCUT2D eigenvalue weighted by Crippen LogP contribution is -2.25. The molecule has 1 aromatic rings. The Labute approximate surface area is 117 Å². The van der Waals surface area contributed by atoms with E-state index in [1.807, 2.05) is 31.2 Å². The number of benzene rings is 1. The number of aliphatic hydroxyl groups excluding tert-OH is 1. The van der Waals surface area contributed by atoms with E-state index >= 15 is 0 Å². The molecule has 0 heterocycles. The summed E-state index contributed by atoms with van der Waals surface area (Å²) in [6.07, 6.45) is 2.00. The van der Waals surface area contributed by atoms with E-state index in [4.69, 9.17) is 4.74 Å². The molecule has 0 radical (unpaired) electrons. The highest BCUT2D eigenvalue weighted by Gasteiger charge is 2.09. The summed E-state index contributed by atoms with van der Waals surface area (Å²) in [5, 5.41) is 13.4. The van der Waals surface area contributed by atoms with Crippen LogP contribution in [0, 0.1) is 0 Å². The lowest BCUT2D eigenvalue weighted by Gasteiger charge is -2.14. The third-order valence-electron chi connectivity index (χ3n) is 3.11. The van der Waals surface area contributed by atoms with Crippen LogP contribution in [0.1, 0.15) is 25.0 Å². The van der Waals surface area contributed by atoms with Gasteiger partial charge < -0.3 is 15.2 Å². The topological polar surface area (TPSA) is 58.6 Å². The Morgan fingerprint density at radius 1 is 1.47 bits per heavy atom. The van der Waals surface area contributed by atoms with E-state index in [9.17, 15) is 9.32 Å². The first-order valence-corrected chi connectivity index (χ1v) is 8.01. The maximum atomic E-state index is 11.2. The first-order valence-electron chi connectivity index (χ1n) is 6.39. The molecular formula is C14H23NO3S. The van der Waals surface area contributed by atoms with Crippen LogP contribution in [0.3, 0.4) is 0 Å². The maximum Gasteiger partial charge on any atom is 0.119 e. The van der Waals surface area contributed by atoms with Crippen LogP contribution in [0.15, 0.2) is 24.3 Å². The number of methoxy groups -OCH3 is 1. The zero-order valence-corrected chi connectivity index (χ0v) is 12.6. The van der Waals surface area contributed by atoms with Gasteiger partial charge in [-0.1, -0.05) is 19.1 Å². The molecule has 0 saturated heterocycles. The summed E-state index contributed by atoms with van der Waals surface area (Å²) in [5.74, 6) is 0.742. The molecule has 0 amide bonds. The van der Waals surface area contributed by atoms with E-state index < -0.39 is 16.9 Å². The third-order valence-corrected chi connectivity index (χ3v) is 4.48. The quantitative estimate of drug-likeness (QED) is 0.710. The van der Waals surface area contributed by atoms with Crippen LogP contribution in [0.5, 0.6) is 5.75 Å². The Kier molecular flexibility index (Phi) is 7.05. The predicted molar refractivity (Wildman–Crippen MR) is 79.0 cm³/mol. The molecular weight excluding hydrogens is 262 g/mol. The van der Waals surface area contributed by atoms with Crippen molar-refractivity contribution in [2.75, 3.05) is 26.5 Å². The van der Waals surface area contributed by atoms with Crippen molar-refractivity contribution in [3.63, 3.8) is 0 Å². The molecule has 3 atom stereocenters. The molecule has 4 nitrogen and oxygen atoms in total. The van der Waals surface area contributed by atoms with E-state index in [1.54, 1.807) is 13.4 Å². The number of aliphatic hydroxyl groups is 1. The van der Waals surface area contributed by atoms with E-state index in [-0.39, 0.29) is 5.25 Å². The first-order chi connectivity index (χ1) is 9.04. The zero-order valence-electron chi connectivity index (χ0n) is 11.8. The normalized spacial score (nSPS) is 15.8. The molecule has 19 heavy (non-hydrogen) atoms. The molecule has 0 aromatic heterocycles. The van der Waals surface area contributed by atoms with Gasteiger partial charge in [-0.25, -0.2) is 0 Å². The molecule has 0 aliphatic carbocycles. The molecule has 0 fully saturated rings. The highest BCUT2D eigenvalue weighted by molar-refractivity contribution is 7.84. The molecule has 5 heteroatoms. The summed E-state index contributed by atoms with van der Waals surface area (Å²) in [4.78, 5) is 0. The highest BCUT2D eigenvalue weighted by atomic mass is 32.2. The third kappa shape index (κ3) is 5.72. The van der Waals surface area contributed by atoms with Gasteiger partial charge in [0, 0.05) is 28.9 Å². The smallest absolute Gasteiger partial charge is 0.119 e. The van der Waals surface area contributed by atoms with Crippen molar-refractivity contribution in [1.29, 1.82) is 0 Å². The van der Waals surface area contributed by atoms with Crippen LogP contribution >= 0.6 is 0 Å². The van der Waals surface area contributed by atoms with E-state index in [1.165, 1.54) is 0 Å².